The minimum atomic E-state index is -0.542. The van der Waals surface area contributed by atoms with Gasteiger partial charge in [-0.15, -0.1) is 0 Å². The minimum absolute atomic E-state index is 0.474. The van der Waals surface area contributed by atoms with Crippen molar-refractivity contribution in [3.63, 3.8) is 0 Å². The molecule has 3 aromatic rings. The van der Waals surface area contributed by atoms with E-state index in [0.29, 0.717) is 13.1 Å². The van der Waals surface area contributed by atoms with Crippen LogP contribution < -0.4 is 5.32 Å². The zero-order valence-electron chi connectivity index (χ0n) is 12.1. The van der Waals surface area contributed by atoms with Crippen molar-refractivity contribution in [3.05, 3.63) is 78.4 Å². The minimum Gasteiger partial charge on any atom is -0.387 e. The largest absolute Gasteiger partial charge is 0.387 e. The van der Waals surface area contributed by atoms with E-state index >= 15 is 0 Å². The molecule has 2 heterocycles. The number of aliphatic hydroxyl groups is 1. The highest BCUT2D eigenvalue weighted by Gasteiger charge is 2.07. The van der Waals surface area contributed by atoms with Gasteiger partial charge in [0.2, 0.25) is 0 Å². The summed E-state index contributed by atoms with van der Waals surface area (Å²) < 4.78 is 1.84. The lowest BCUT2D eigenvalue weighted by Gasteiger charge is -2.11. The average Bonchev–Trinajstić information content (AvgIpc) is 3.05. The number of aliphatic hydroxyl groups excluding tert-OH is 1. The van der Waals surface area contributed by atoms with Gasteiger partial charge in [-0.2, -0.15) is 5.10 Å². The molecule has 0 bridgehead atoms. The monoisotopic (exact) mass is 294 g/mol. The molecular formula is C17H18N4O. The molecule has 5 heteroatoms. The molecule has 0 aliphatic heterocycles. The van der Waals surface area contributed by atoms with E-state index in [9.17, 15) is 5.11 Å². The fourth-order valence-corrected chi connectivity index (χ4v) is 2.22. The van der Waals surface area contributed by atoms with Crippen LogP contribution in [0.5, 0.6) is 0 Å². The van der Waals surface area contributed by atoms with Crippen LogP contribution in [0.3, 0.4) is 0 Å². The molecule has 0 spiro atoms. The van der Waals surface area contributed by atoms with Gasteiger partial charge < -0.3 is 10.4 Å². The quantitative estimate of drug-likeness (QED) is 0.731. The third kappa shape index (κ3) is 3.58. The molecular weight excluding hydrogens is 276 g/mol. The summed E-state index contributed by atoms with van der Waals surface area (Å²) in [6.45, 7) is 1.09. The van der Waals surface area contributed by atoms with Gasteiger partial charge in [0, 0.05) is 31.7 Å². The summed E-state index contributed by atoms with van der Waals surface area (Å²) in [5.74, 6) is 0. The topological polar surface area (TPSA) is 63.0 Å². The van der Waals surface area contributed by atoms with E-state index in [-0.39, 0.29) is 0 Å². The molecule has 22 heavy (non-hydrogen) atoms. The van der Waals surface area contributed by atoms with Crippen LogP contribution in [0.4, 0.5) is 0 Å². The lowest BCUT2D eigenvalue weighted by molar-refractivity contribution is 0.174. The van der Waals surface area contributed by atoms with Gasteiger partial charge in [0.25, 0.3) is 0 Å². The molecule has 0 amide bonds. The van der Waals surface area contributed by atoms with E-state index in [2.05, 4.69) is 15.4 Å². The number of nitrogens with one attached hydrogen (secondary N) is 1. The molecule has 1 atom stereocenters. The van der Waals surface area contributed by atoms with Crippen LogP contribution >= 0.6 is 0 Å². The predicted molar refractivity (Wildman–Crippen MR) is 84.5 cm³/mol. The molecule has 0 fully saturated rings. The zero-order chi connectivity index (χ0) is 15.2. The average molecular weight is 294 g/mol. The van der Waals surface area contributed by atoms with Crippen LogP contribution in [0.1, 0.15) is 17.4 Å². The van der Waals surface area contributed by atoms with Crippen LogP contribution in [0.15, 0.2) is 67.1 Å². The van der Waals surface area contributed by atoms with Crippen molar-refractivity contribution in [1.82, 2.24) is 20.1 Å². The molecule has 2 aromatic heterocycles. The second kappa shape index (κ2) is 6.98. The summed E-state index contributed by atoms with van der Waals surface area (Å²) in [5.41, 5.74) is 2.83. The third-order valence-electron chi connectivity index (χ3n) is 3.40. The SMILES string of the molecule is OC(CNCc1ccn(-c2ccccc2)n1)c1ccncc1. The van der Waals surface area contributed by atoms with Crippen LogP contribution in [-0.4, -0.2) is 26.4 Å². The Hall–Kier alpha value is -2.50. The predicted octanol–water partition coefficient (Wildman–Crippen LogP) is 2.09. The van der Waals surface area contributed by atoms with Gasteiger partial charge in [-0.05, 0) is 35.9 Å². The molecule has 112 valence electrons. The van der Waals surface area contributed by atoms with Crippen LogP contribution in [0.25, 0.3) is 5.69 Å². The number of hydrogen-bond donors (Lipinski definition) is 2. The first-order chi connectivity index (χ1) is 10.8. The summed E-state index contributed by atoms with van der Waals surface area (Å²) in [6, 6.07) is 15.6. The number of para-hydroxylation sites is 1. The van der Waals surface area contributed by atoms with Gasteiger partial charge in [0.05, 0.1) is 17.5 Å². The molecule has 3 rings (SSSR count). The van der Waals surface area contributed by atoms with Gasteiger partial charge in [-0.25, -0.2) is 4.68 Å². The number of aromatic nitrogens is 3. The number of benzene rings is 1. The number of pyridine rings is 1. The molecule has 0 aliphatic carbocycles. The first-order valence-electron chi connectivity index (χ1n) is 7.21. The third-order valence-corrected chi connectivity index (χ3v) is 3.40. The fraction of sp³-hybridized carbons (Fsp3) is 0.176. The van der Waals surface area contributed by atoms with Crippen molar-refractivity contribution in [2.24, 2.45) is 0 Å². The van der Waals surface area contributed by atoms with Gasteiger partial charge >= 0.3 is 0 Å². The van der Waals surface area contributed by atoms with E-state index in [4.69, 9.17) is 0 Å². The Kier molecular flexibility index (Phi) is 4.58. The molecule has 0 saturated carbocycles. The molecule has 2 N–H and O–H groups in total. The molecule has 0 radical (unpaired) electrons. The molecule has 0 aliphatic rings. The summed E-state index contributed by atoms with van der Waals surface area (Å²) in [5, 5.41) is 17.8. The molecule has 0 saturated heterocycles. The smallest absolute Gasteiger partial charge is 0.0915 e. The molecule has 1 aromatic carbocycles. The maximum Gasteiger partial charge on any atom is 0.0915 e. The lowest BCUT2D eigenvalue weighted by atomic mass is 10.1. The van der Waals surface area contributed by atoms with Gasteiger partial charge in [-0.3, -0.25) is 4.98 Å². The second-order valence-electron chi connectivity index (χ2n) is 5.01. The Labute approximate surface area is 129 Å². The molecule has 1 unspecified atom stereocenters. The first kappa shape index (κ1) is 14.4. The summed E-state index contributed by atoms with van der Waals surface area (Å²) >= 11 is 0. The molecule has 5 nitrogen and oxygen atoms in total. The maximum absolute atomic E-state index is 10.1. The van der Waals surface area contributed by atoms with Crippen molar-refractivity contribution < 1.29 is 5.11 Å². The van der Waals surface area contributed by atoms with Crippen molar-refractivity contribution >= 4 is 0 Å². The number of hydrogen-bond acceptors (Lipinski definition) is 4. The standard InChI is InChI=1S/C17H18N4O/c22-17(14-6-9-18-10-7-14)13-19-12-15-8-11-21(20-15)16-4-2-1-3-5-16/h1-11,17,19,22H,12-13H2. The van der Waals surface area contributed by atoms with E-state index in [1.807, 2.05) is 59.4 Å². The lowest BCUT2D eigenvalue weighted by Crippen LogP contribution is -2.21. The fourth-order valence-electron chi connectivity index (χ4n) is 2.22. The highest BCUT2D eigenvalue weighted by Crippen LogP contribution is 2.10. The van der Waals surface area contributed by atoms with E-state index in [1.54, 1.807) is 12.4 Å². The van der Waals surface area contributed by atoms with Crippen LogP contribution in [0.2, 0.25) is 0 Å². The second-order valence-corrected chi connectivity index (χ2v) is 5.01. The normalized spacial score (nSPS) is 12.2. The highest BCUT2D eigenvalue weighted by molar-refractivity contribution is 5.30. The van der Waals surface area contributed by atoms with Gasteiger partial charge in [-0.1, -0.05) is 18.2 Å². The van der Waals surface area contributed by atoms with E-state index in [1.165, 1.54) is 0 Å². The Morgan fingerprint density at radius 1 is 1.05 bits per heavy atom. The Morgan fingerprint density at radius 3 is 2.59 bits per heavy atom. The summed E-state index contributed by atoms with van der Waals surface area (Å²) in [7, 11) is 0. The van der Waals surface area contributed by atoms with E-state index < -0.39 is 6.10 Å². The first-order valence-corrected chi connectivity index (χ1v) is 7.21. The van der Waals surface area contributed by atoms with Crippen molar-refractivity contribution in [2.45, 2.75) is 12.6 Å². The Balaban J connectivity index is 1.53. The summed E-state index contributed by atoms with van der Waals surface area (Å²) in [4.78, 5) is 3.94. The Morgan fingerprint density at radius 2 is 1.82 bits per heavy atom. The van der Waals surface area contributed by atoms with Crippen molar-refractivity contribution in [2.75, 3.05) is 6.54 Å². The van der Waals surface area contributed by atoms with Gasteiger partial charge in [0.1, 0.15) is 0 Å². The maximum atomic E-state index is 10.1. The van der Waals surface area contributed by atoms with Crippen LogP contribution in [0, 0.1) is 0 Å². The summed E-state index contributed by atoms with van der Waals surface area (Å²) in [6.07, 6.45) is 4.76. The highest BCUT2D eigenvalue weighted by atomic mass is 16.3. The van der Waals surface area contributed by atoms with Crippen molar-refractivity contribution in [1.29, 1.82) is 0 Å². The van der Waals surface area contributed by atoms with E-state index in [0.717, 1.165) is 16.9 Å². The zero-order valence-corrected chi connectivity index (χ0v) is 12.1. The Bertz CT molecular complexity index is 697. The van der Waals surface area contributed by atoms with Crippen LogP contribution in [-0.2, 0) is 6.54 Å². The van der Waals surface area contributed by atoms with Crippen molar-refractivity contribution in [3.8, 4) is 5.69 Å². The van der Waals surface area contributed by atoms with Gasteiger partial charge in [0.15, 0.2) is 0 Å². The number of nitrogens with zero attached hydrogens (tertiary/aromatic N) is 3. The number of rotatable bonds is 6.